The van der Waals surface area contributed by atoms with Crippen molar-refractivity contribution in [3.8, 4) is 0 Å². The topological polar surface area (TPSA) is 95.7 Å². The van der Waals surface area contributed by atoms with Gasteiger partial charge < -0.3 is 9.47 Å². The van der Waals surface area contributed by atoms with Crippen LogP contribution in [-0.4, -0.2) is 34.2 Å². The monoisotopic (exact) mass is 341 g/mol. The third-order valence-corrected chi connectivity index (χ3v) is 4.10. The van der Waals surface area contributed by atoms with E-state index in [4.69, 9.17) is 37.8 Å². The van der Waals surface area contributed by atoms with Crippen LogP contribution in [0.1, 0.15) is 17.3 Å². The first-order valence-corrected chi connectivity index (χ1v) is 7.68. The molecule has 112 valence electrons. The van der Waals surface area contributed by atoms with Crippen LogP contribution in [0.15, 0.2) is 17.0 Å². The highest BCUT2D eigenvalue weighted by molar-refractivity contribution is 7.89. The molecule has 1 atom stereocenters. The molecule has 1 rings (SSSR count). The van der Waals surface area contributed by atoms with E-state index >= 15 is 0 Å². The number of methoxy groups -OCH3 is 1. The molecule has 6 nitrogen and oxygen atoms in total. The van der Waals surface area contributed by atoms with Crippen LogP contribution in [0.25, 0.3) is 0 Å². The second-order valence-electron chi connectivity index (χ2n) is 3.99. The second-order valence-corrected chi connectivity index (χ2v) is 6.30. The van der Waals surface area contributed by atoms with Crippen LogP contribution in [0.2, 0.25) is 10.0 Å². The van der Waals surface area contributed by atoms with Crippen LogP contribution in [0.3, 0.4) is 0 Å². The Morgan fingerprint density at radius 1 is 1.40 bits per heavy atom. The zero-order chi connectivity index (χ0) is 15.5. The summed E-state index contributed by atoms with van der Waals surface area (Å²) in [6.07, 6.45) is -0.500. The molecule has 0 aromatic heterocycles. The molecule has 1 aromatic rings. The summed E-state index contributed by atoms with van der Waals surface area (Å²) < 4.78 is 32.6. The standard InChI is InChI=1S/C11H13Cl2NO5S/c1-6(5-18-2)19-11(15)7-3-8(12)10(13)9(4-7)20(14,16)17/h3-4,6H,5H2,1-2H3,(H2,14,16,17). The molecule has 1 unspecified atom stereocenters. The van der Waals surface area contributed by atoms with Crippen molar-refractivity contribution >= 4 is 39.2 Å². The maximum absolute atomic E-state index is 11.9. The number of primary sulfonamides is 1. The minimum Gasteiger partial charge on any atom is -0.457 e. The largest absolute Gasteiger partial charge is 0.457 e. The minimum absolute atomic E-state index is 0.0635. The third kappa shape index (κ3) is 4.32. The van der Waals surface area contributed by atoms with Gasteiger partial charge in [-0.25, -0.2) is 18.4 Å². The van der Waals surface area contributed by atoms with Crippen LogP contribution < -0.4 is 5.14 Å². The molecule has 0 spiro atoms. The smallest absolute Gasteiger partial charge is 0.338 e. The zero-order valence-corrected chi connectivity index (χ0v) is 13.1. The summed E-state index contributed by atoms with van der Waals surface area (Å²) in [5.41, 5.74) is -0.0635. The van der Waals surface area contributed by atoms with E-state index in [1.165, 1.54) is 13.2 Å². The number of ether oxygens (including phenoxy) is 2. The Morgan fingerprint density at radius 3 is 2.50 bits per heavy atom. The lowest BCUT2D eigenvalue weighted by atomic mass is 10.2. The summed E-state index contributed by atoms with van der Waals surface area (Å²) in [4.78, 5) is 11.4. The van der Waals surface area contributed by atoms with Crippen molar-refractivity contribution in [2.24, 2.45) is 5.14 Å². The molecule has 0 heterocycles. The minimum atomic E-state index is -4.10. The van der Waals surface area contributed by atoms with Gasteiger partial charge in [0.25, 0.3) is 0 Å². The predicted octanol–water partition coefficient (Wildman–Crippen LogP) is 1.83. The predicted molar refractivity (Wildman–Crippen MR) is 74.6 cm³/mol. The fraction of sp³-hybridized carbons (Fsp3) is 0.364. The number of carbonyl (C=O) groups is 1. The van der Waals surface area contributed by atoms with Crippen molar-refractivity contribution in [3.05, 3.63) is 27.7 Å². The van der Waals surface area contributed by atoms with E-state index in [1.807, 2.05) is 0 Å². The van der Waals surface area contributed by atoms with Gasteiger partial charge in [0, 0.05) is 7.11 Å². The fourth-order valence-electron chi connectivity index (χ4n) is 1.41. The lowest BCUT2D eigenvalue weighted by Gasteiger charge is -2.13. The lowest BCUT2D eigenvalue weighted by Crippen LogP contribution is -2.20. The highest BCUT2D eigenvalue weighted by Gasteiger charge is 2.21. The molecule has 9 heteroatoms. The molecule has 0 aliphatic heterocycles. The number of hydrogen-bond acceptors (Lipinski definition) is 5. The molecule has 0 fully saturated rings. The molecule has 0 amide bonds. The average molecular weight is 342 g/mol. The average Bonchev–Trinajstić information content (AvgIpc) is 2.30. The molecule has 0 saturated carbocycles. The molecular weight excluding hydrogens is 329 g/mol. The van der Waals surface area contributed by atoms with Crippen LogP contribution in [0, 0.1) is 0 Å². The van der Waals surface area contributed by atoms with Gasteiger partial charge in [0.1, 0.15) is 11.0 Å². The van der Waals surface area contributed by atoms with Gasteiger partial charge in [-0.1, -0.05) is 23.2 Å². The van der Waals surface area contributed by atoms with Crippen molar-refractivity contribution in [3.63, 3.8) is 0 Å². The van der Waals surface area contributed by atoms with Crippen molar-refractivity contribution in [1.29, 1.82) is 0 Å². The van der Waals surface area contributed by atoms with Gasteiger partial charge in [-0.05, 0) is 19.1 Å². The SMILES string of the molecule is COCC(C)OC(=O)c1cc(Cl)c(Cl)c(S(N)(=O)=O)c1. The Bertz CT molecular complexity index is 617. The Balaban J connectivity index is 3.15. The number of rotatable bonds is 5. The highest BCUT2D eigenvalue weighted by atomic mass is 35.5. The van der Waals surface area contributed by atoms with Crippen LogP contribution in [0.4, 0.5) is 0 Å². The number of nitrogens with two attached hydrogens (primary N) is 1. The molecule has 0 bridgehead atoms. The summed E-state index contributed by atoms with van der Waals surface area (Å²) in [6.45, 7) is 1.83. The van der Waals surface area contributed by atoms with Gasteiger partial charge in [0.2, 0.25) is 10.0 Å². The normalized spacial score (nSPS) is 13.1. The van der Waals surface area contributed by atoms with Crippen molar-refractivity contribution in [2.45, 2.75) is 17.9 Å². The van der Waals surface area contributed by atoms with Crippen molar-refractivity contribution < 1.29 is 22.7 Å². The van der Waals surface area contributed by atoms with E-state index in [0.29, 0.717) is 0 Å². The number of sulfonamides is 1. The van der Waals surface area contributed by atoms with E-state index in [1.54, 1.807) is 6.92 Å². The Hall–Kier alpha value is -0.860. The molecule has 20 heavy (non-hydrogen) atoms. The fourth-order valence-corrected chi connectivity index (χ4v) is 2.77. The molecule has 0 aliphatic rings. The summed E-state index contributed by atoms with van der Waals surface area (Å²) >= 11 is 11.5. The summed E-state index contributed by atoms with van der Waals surface area (Å²) in [5.74, 6) is -0.752. The molecule has 1 aromatic carbocycles. The number of esters is 1. The van der Waals surface area contributed by atoms with Gasteiger partial charge in [0.15, 0.2) is 0 Å². The third-order valence-electron chi connectivity index (χ3n) is 2.25. The number of hydrogen-bond donors (Lipinski definition) is 1. The van der Waals surface area contributed by atoms with E-state index in [-0.39, 0.29) is 22.2 Å². The Kier molecular flexibility index (Phi) is 5.79. The number of carbonyl (C=O) groups excluding carboxylic acids is 1. The first-order valence-electron chi connectivity index (χ1n) is 5.38. The lowest BCUT2D eigenvalue weighted by molar-refractivity contribution is 0.0120. The van der Waals surface area contributed by atoms with E-state index < -0.39 is 27.0 Å². The van der Waals surface area contributed by atoms with Gasteiger partial charge in [0.05, 0.1) is 22.2 Å². The quantitative estimate of drug-likeness (QED) is 0.824. The van der Waals surface area contributed by atoms with Gasteiger partial charge in [-0.15, -0.1) is 0 Å². The summed E-state index contributed by atoms with van der Waals surface area (Å²) in [7, 11) is -2.64. The Morgan fingerprint density at radius 2 is 2.00 bits per heavy atom. The second kappa shape index (κ2) is 6.73. The van der Waals surface area contributed by atoms with Crippen LogP contribution in [-0.2, 0) is 19.5 Å². The van der Waals surface area contributed by atoms with Gasteiger partial charge in [-0.2, -0.15) is 0 Å². The Labute approximate surface area is 126 Å². The van der Waals surface area contributed by atoms with E-state index in [9.17, 15) is 13.2 Å². The van der Waals surface area contributed by atoms with Crippen molar-refractivity contribution in [1.82, 2.24) is 0 Å². The maximum atomic E-state index is 11.9. The number of halogens is 2. The number of benzene rings is 1. The first kappa shape index (κ1) is 17.2. The van der Waals surface area contributed by atoms with Crippen LogP contribution in [0.5, 0.6) is 0 Å². The highest BCUT2D eigenvalue weighted by Crippen LogP contribution is 2.30. The zero-order valence-electron chi connectivity index (χ0n) is 10.7. The first-order chi connectivity index (χ1) is 9.16. The molecular formula is C11H13Cl2NO5S. The molecule has 2 N–H and O–H groups in total. The molecule has 0 aliphatic carbocycles. The molecule has 0 saturated heterocycles. The van der Waals surface area contributed by atoms with Gasteiger partial charge in [-0.3, -0.25) is 0 Å². The molecule has 0 radical (unpaired) electrons. The summed E-state index contributed by atoms with van der Waals surface area (Å²) in [6, 6.07) is 2.23. The van der Waals surface area contributed by atoms with Crippen molar-refractivity contribution in [2.75, 3.05) is 13.7 Å². The van der Waals surface area contributed by atoms with E-state index in [2.05, 4.69) is 0 Å². The van der Waals surface area contributed by atoms with Gasteiger partial charge >= 0.3 is 5.97 Å². The maximum Gasteiger partial charge on any atom is 0.338 e. The van der Waals surface area contributed by atoms with E-state index in [0.717, 1.165) is 6.07 Å². The van der Waals surface area contributed by atoms with Crippen LogP contribution >= 0.6 is 23.2 Å². The summed E-state index contributed by atoms with van der Waals surface area (Å²) in [5, 5.41) is 4.65.